The highest BCUT2D eigenvalue weighted by atomic mass is 35.5. The lowest BCUT2D eigenvalue weighted by Gasteiger charge is -2.12. The van der Waals surface area contributed by atoms with Gasteiger partial charge in [0.2, 0.25) is 5.91 Å². The van der Waals surface area contributed by atoms with Crippen LogP contribution in [-0.2, 0) is 4.79 Å². The van der Waals surface area contributed by atoms with Gasteiger partial charge < -0.3 is 10.4 Å². The van der Waals surface area contributed by atoms with Crippen LogP contribution in [0, 0.1) is 5.92 Å². The Morgan fingerprint density at radius 2 is 2.10 bits per heavy atom. The van der Waals surface area contributed by atoms with Crippen LogP contribution < -0.4 is 5.32 Å². The predicted molar refractivity (Wildman–Crippen MR) is 84.2 cm³/mol. The second-order valence-electron chi connectivity index (χ2n) is 4.90. The van der Waals surface area contributed by atoms with E-state index in [4.69, 9.17) is 28.3 Å². The van der Waals surface area contributed by atoms with Gasteiger partial charge in [-0.3, -0.25) is 9.59 Å². The lowest BCUT2D eigenvalue weighted by atomic mass is 10.1. The first-order valence-corrected chi connectivity index (χ1v) is 8.13. The molecule has 21 heavy (non-hydrogen) atoms. The molecule has 1 heterocycles. The van der Waals surface area contributed by atoms with E-state index in [1.165, 1.54) is 6.07 Å². The van der Waals surface area contributed by atoms with E-state index in [9.17, 15) is 9.59 Å². The SMILES string of the molecule is O=C(CCC(=O)c1cc(Cl)sc1Cl)N[C@@H]1C=C[C@H](CO)C1. The number of carbonyl (C=O) groups excluding carboxylic acids is 2. The smallest absolute Gasteiger partial charge is 0.220 e. The summed E-state index contributed by atoms with van der Waals surface area (Å²) >= 11 is 12.8. The van der Waals surface area contributed by atoms with Gasteiger partial charge in [0.05, 0.1) is 4.34 Å². The zero-order valence-corrected chi connectivity index (χ0v) is 13.5. The number of rotatable bonds is 6. The number of aliphatic hydroxyl groups excluding tert-OH is 1. The van der Waals surface area contributed by atoms with Crippen molar-refractivity contribution in [1.29, 1.82) is 0 Å². The molecule has 1 aliphatic carbocycles. The van der Waals surface area contributed by atoms with Crippen molar-refractivity contribution in [3.05, 3.63) is 32.5 Å². The fraction of sp³-hybridized carbons (Fsp3) is 0.429. The van der Waals surface area contributed by atoms with E-state index < -0.39 is 0 Å². The summed E-state index contributed by atoms with van der Waals surface area (Å²) in [5, 5.41) is 11.8. The number of nitrogens with one attached hydrogen (secondary N) is 1. The average Bonchev–Trinajstić information content (AvgIpc) is 3.02. The number of carbonyl (C=O) groups is 2. The first-order valence-electron chi connectivity index (χ1n) is 6.56. The van der Waals surface area contributed by atoms with Crippen LogP contribution in [0.3, 0.4) is 0 Å². The number of hydrogen-bond donors (Lipinski definition) is 2. The van der Waals surface area contributed by atoms with E-state index in [0.29, 0.717) is 20.7 Å². The zero-order chi connectivity index (χ0) is 15.4. The Morgan fingerprint density at radius 3 is 2.67 bits per heavy atom. The van der Waals surface area contributed by atoms with Gasteiger partial charge in [0.15, 0.2) is 5.78 Å². The van der Waals surface area contributed by atoms with Crippen LogP contribution in [0.15, 0.2) is 18.2 Å². The molecule has 0 bridgehead atoms. The van der Waals surface area contributed by atoms with Gasteiger partial charge in [-0.1, -0.05) is 35.4 Å². The molecular weight excluding hydrogens is 333 g/mol. The Kier molecular flexibility index (Phi) is 5.81. The summed E-state index contributed by atoms with van der Waals surface area (Å²) in [5.41, 5.74) is 0.376. The molecule has 1 aromatic heterocycles. The van der Waals surface area contributed by atoms with Crippen molar-refractivity contribution in [3.63, 3.8) is 0 Å². The highest BCUT2D eigenvalue weighted by Gasteiger charge is 2.20. The minimum atomic E-state index is -0.187. The van der Waals surface area contributed by atoms with Gasteiger partial charge in [-0.25, -0.2) is 0 Å². The Labute approximate surface area is 136 Å². The molecule has 4 nitrogen and oxygen atoms in total. The Morgan fingerprint density at radius 1 is 1.33 bits per heavy atom. The van der Waals surface area contributed by atoms with Gasteiger partial charge in [0.1, 0.15) is 4.34 Å². The molecule has 7 heteroatoms. The number of ketones is 1. The molecule has 0 saturated heterocycles. The Bertz CT molecular complexity index is 571. The quantitative estimate of drug-likeness (QED) is 0.613. The van der Waals surface area contributed by atoms with Crippen LogP contribution in [-0.4, -0.2) is 29.4 Å². The molecule has 1 aromatic rings. The van der Waals surface area contributed by atoms with Crippen molar-refractivity contribution < 1.29 is 14.7 Å². The zero-order valence-electron chi connectivity index (χ0n) is 11.1. The molecule has 0 radical (unpaired) electrons. The second-order valence-corrected chi connectivity index (χ2v) is 7.18. The van der Waals surface area contributed by atoms with Crippen LogP contribution in [0.1, 0.15) is 29.6 Å². The van der Waals surface area contributed by atoms with Crippen LogP contribution >= 0.6 is 34.5 Å². The summed E-state index contributed by atoms with van der Waals surface area (Å²) in [6.07, 6.45) is 4.66. The van der Waals surface area contributed by atoms with Crippen LogP contribution in [0.25, 0.3) is 0 Å². The van der Waals surface area contributed by atoms with E-state index in [0.717, 1.165) is 11.3 Å². The molecule has 1 aliphatic rings. The largest absolute Gasteiger partial charge is 0.396 e. The maximum atomic E-state index is 12.0. The van der Waals surface area contributed by atoms with Crippen molar-refractivity contribution in [3.8, 4) is 0 Å². The van der Waals surface area contributed by atoms with Gasteiger partial charge in [0.25, 0.3) is 0 Å². The summed E-state index contributed by atoms with van der Waals surface area (Å²) in [6, 6.07) is 1.46. The van der Waals surface area contributed by atoms with Crippen molar-refractivity contribution in [1.82, 2.24) is 5.32 Å². The molecule has 0 fully saturated rings. The van der Waals surface area contributed by atoms with Gasteiger partial charge >= 0.3 is 0 Å². The third-order valence-corrected chi connectivity index (χ3v) is 4.78. The normalized spacial score (nSPS) is 20.7. The molecule has 0 unspecified atom stereocenters. The lowest BCUT2D eigenvalue weighted by molar-refractivity contribution is -0.121. The first kappa shape index (κ1) is 16.5. The molecule has 2 atom stereocenters. The van der Waals surface area contributed by atoms with Crippen molar-refractivity contribution >= 4 is 46.2 Å². The fourth-order valence-corrected chi connectivity index (χ4v) is 3.69. The number of halogens is 2. The third kappa shape index (κ3) is 4.54. The molecular formula is C14H15Cl2NO3S. The minimum Gasteiger partial charge on any atom is -0.396 e. The first-order chi connectivity index (χ1) is 9.99. The van der Waals surface area contributed by atoms with E-state index >= 15 is 0 Å². The van der Waals surface area contributed by atoms with E-state index in [2.05, 4.69) is 5.32 Å². The number of amides is 1. The van der Waals surface area contributed by atoms with Crippen molar-refractivity contribution in [2.75, 3.05) is 6.61 Å². The Balaban J connectivity index is 1.78. The third-order valence-electron chi connectivity index (χ3n) is 3.29. The topological polar surface area (TPSA) is 66.4 Å². The summed E-state index contributed by atoms with van der Waals surface area (Å²) in [4.78, 5) is 23.8. The molecule has 2 rings (SSSR count). The van der Waals surface area contributed by atoms with Gasteiger partial charge in [-0.05, 0) is 12.5 Å². The maximum absolute atomic E-state index is 12.0. The minimum absolute atomic E-state index is 0.0658. The van der Waals surface area contributed by atoms with Gasteiger partial charge in [-0.2, -0.15) is 0 Å². The standard InChI is InChI=1S/C14H15Cl2NO3S/c15-12-6-10(14(16)21-12)11(19)3-4-13(20)17-9-2-1-8(5-9)7-18/h1-2,6,8-9,18H,3-5,7H2,(H,17,20)/t8-,9+/m0/s1. The molecule has 0 saturated carbocycles. The molecule has 1 amide bonds. The number of Topliss-reactive ketones (excluding diaryl/α,β-unsaturated/α-hetero) is 1. The average molecular weight is 348 g/mol. The maximum Gasteiger partial charge on any atom is 0.220 e. The summed E-state index contributed by atoms with van der Waals surface area (Å²) in [7, 11) is 0. The predicted octanol–water partition coefficient (Wildman–Crippen LogP) is 3.07. The highest BCUT2D eigenvalue weighted by molar-refractivity contribution is 7.20. The monoisotopic (exact) mass is 347 g/mol. The van der Waals surface area contributed by atoms with E-state index in [1.54, 1.807) is 0 Å². The molecule has 0 spiro atoms. The highest BCUT2D eigenvalue weighted by Crippen LogP contribution is 2.32. The van der Waals surface area contributed by atoms with Crippen LogP contribution in [0.2, 0.25) is 8.67 Å². The molecule has 2 N–H and O–H groups in total. The fourth-order valence-electron chi connectivity index (χ4n) is 2.19. The van der Waals surface area contributed by atoms with Gasteiger partial charge in [0, 0.05) is 37.0 Å². The van der Waals surface area contributed by atoms with Crippen molar-refractivity contribution in [2.24, 2.45) is 5.92 Å². The summed E-state index contributed by atoms with van der Waals surface area (Å²) in [6.45, 7) is 0.0821. The van der Waals surface area contributed by atoms with E-state index in [-0.39, 0.29) is 43.1 Å². The molecule has 0 aliphatic heterocycles. The number of hydrogen-bond acceptors (Lipinski definition) is 4. The molecule has 0 aromatic carbocycles. The second kappa shape index (κ2) is 7.40. The number of thiophene rings is 1. The molecule has 114 valence electrons. The number of aliphatic hydroxyl groups is 1. The summed E-state index contributed by atoms with van der Waals surface area (Å²) in [5.74, 6) is -0.272. The van der Waals surface area contributed by atoms with E-state index in [1.807, 2.05) is 12.2 Å². The van der Waals surface area contributed by atoms with Crippen LogP contribution in [0.5, 0.6) is 0 Å². The van der Waals surface area contributed by atoms with Crippen molar-refractivity contribution in [2.45, 2.75) is 25.3 Å². The van der Waals surface area contributed by atoms with Crippen LogP contribution in [0.4, 0.5) is 0 Å². The van der Waals surface area contributed by atoms with Gasteiger partial charge in [-0.15, -0.1) is 11.3 Å². The Hall–Kier alpha value is -0.880. The summed E-state index contributed by atoms with van der Waals surface area (Å²) < 4.78 is 0.814. The lowest BCUT2D eigenvalue weighted by Crippen LogP contribution is -2.33.